The zero-order chi connectivity index (χ0) is 22.8. The standard InChI is InChI=1S/C21H15F3N2O5/c1-2-9-26-18(28)13-8-7-12(10-14(13)19(26)29)20(30)31-11-17(27)25-16-6-4-3-5-15(16)21(22,23)24/h2-8,10H,1,9,11H2,(H,25,27). The van der Waals surface area contributed by atoms with Crippen molar-refractivity contribution in [1.29, 1.82) is 0 Å². The molecule has 0 saturated carbocycles. The van der Waals surface area contributed by atoms with Gasteiger partial charge in [-0.3, -0.25) is 19.3 Å². The maximum Gasteiger partial charge on any atom is 0.418 e. The summed E-state index contributed by atoms with van der Waals surface area (Å²) in [5.41, 5.74) is -1.49. The monoisotopic (exact) mass is 432 g/mol. The zero-order valence-corrected chi connectivity index (χ0v) is 15.9. The molecular formula is C21H15F3N2O5. The van der Waals surface area contributed by atoms with Gasteiger partial charge in [0.1, 0.15) is 0 Å². The van der Waals surface area contributed by atoms with Crippen LogP contribution >= 0.6 is 0 Å². The Morgan fingerprint density at radius 3 is 2.42 bits per heavy atom. The van der Waals surface area contributed by atoms with Crippen molar-refractivity contribution in [1.82, 2.24) is 4.90 Å². The number of halogens is 3. The highest BCUT2D eigenvalue weighted by Crippen LogP contribution is 2.34. The van der Waals surface area contributed by atoms with E-state index in [-0.39, 0.29) is 23.2 Å². The summed E-state index contributed by atoms with van der Waals surface area (Å²) >= 11 is 0. The number of alkyl halides is 3. The van der Waals surface area contributed by atoms with Gasteiger partial charge >= 0.3 is 12.1 Å². The van der Waals surface area contributed by atoms with Gasteiger partial charge in [-0.25, -0.2) is 4.79 Å². The van der Waals surface area contributed by atoms with E-state index in [2.05, 4.69) is 6.58 Å². The molecule has 0 saturated heterocycles. The summed E-state index contributed by atoms with van der Waals surface area (Å²) in [6.07, 6.45) is -3.29. The van der Waals surface area contributed by atoms with Gasteiger partial charge in [0.05, 0.1) is 27.9 Å². The van der Waals surface area contributed by atoms with Gasteiger partial charge in [-0.2, -0.15) is 13.2 Å². The van der Waals surface area contributed by atoms with E-state index in [9.17, 15) is 32.3 Å². The second-order valence-corrected chi connectivity index (χ2v) is 6.44. The molecule has 1 aliphatic rings. The molecular weight excluding hydrogens is 417 g/mol. The van der Waals surface area contributed by atoms with Crippen molar-refractivity contribution in [3.05, 3.63) is 77.4 Å². The van der Waals surface area contributed by atoms with Crippen molar-refractivity contribution in [3.63, 3.8) is 0 Å². The highest BCUT2D eigenvalue weighted by Gasteiger charge is 2.35. The van der Waals surface area contributed by atoms with E-state index < -0.39 is 47.7 Å². The van der Waals surface area contributed by atoms with Crippen LogP contribution in [-0.2, 0) is 15.7 Å². The molecule has 0 unspecified atom stereocenters. The van der Waals surface area contributed by atoms with Crippen molar-refractivity contribution >= 4 is 29.4 Å². The number of hydrogen-bond donors (Lipinski definition) is 1. The van der Waals surface area contributed by atoms with Crippen LogP contribution in [0.25, 0.3) is 0 Å². The van der Waals surface area contributed by atoms with E-state index in [4.69, 9.17) is 4.74 Å². The Hall–Kier alpha value is -3.95. The first-order chi connectivity index (χ1) is 14.6. The quantitative estimate of drug-likeness (QED) is 0.430. The largest absolute Gasteiger partial charge is 0.452 e. The second kappa shape index (κ2) is 8.42. The lowest BCUT2D eigenvalue weighted by Gasteiger charge is -2.13. The molecule has 0 bridgehead atoms. The minimum absolute atomic E-state index is 0.00450. The van der Waals surface area contributed by atoms with Gasteiger partial charge in [0.25, 0.3) is 17.7 Å². The van der Waals surface area contributed by atoms with Crippen LogP contribution in [-0.4, -0.2) is 41.7 Å². The smallest absolute Gasteiger partial charge is 0.418 e. The number of rotatable bonds is 6. The van der Waals surface area contributed by atoms with Crippen molar-refractivity contribution < 1.29 is 37.1 Å². The van der Waals surface area contributed by atoms with Crippen LogP contribution in [0.4, 0.5) is 18.9 Å². The van der Waals surface area contributed by atoms with Crippen LogP contribution in [0.3, 0.4) is 0 Å². The maximum absolute atomic E-state index is 13.0. The molecule has 2 aromatic carbocycles. The second-order valence-electron chi connectivity index (χ2n) is 6.44. The molecule has 1 aliphatic heterocycles. The number of para-hydroxylation sites is 1. The number of ether oxygens (including phenoxy) is 1. The first-order valence-electron chi connectivity index (χ1n) is 8.88. The SMILES string of the molecule is C=CCN1C(=O)c2ccc(C(=O)OCC(=O)Nc3ccccc3C(F)(F)F)cc2C1=O. The molecule has 0 aromatic heterocycles. The highest BCUT2D eigenvalue weighted by molar-refractivity contribution is 6.22. The number of hydrogen-bond acceptors (Lipinski definition) is 5. The van der Waals surface area contributed by atoms with Gasteiger partial charge in [-0.15, -0.1) is 6.58 Å². The minimum Gasteiger partial charge on any atom is -0.452 e. The summed E-state index contributed by atoms with van der Waals surface area (Å²) in [7, 11) is 0. The Labute approximate surface area is 174 Å². The number of anilines is 1. The predicted octanol–water partition coefficient (Wildman–Crippen LogP) is 3.28. The molecule has 1 heterocycles. The van der Waals surface area contributed by atoms with E-state index in [0.717, 1.165) is 23.1 Å². The number of nitrogens with one attached hydrogen (secondary N) is 1. The number of nitrogens with zero attached hydrogens (tertiary/aromatic N) is 1. The number of imide groups is 1. The summed E-state index contributed by atoms with van der Waals surface area (Å²) in [6, 6.07) is 8.07. The first-order valence-corrected chi connectivity index (χ1v) is 8.88. The fourth-order valence-corrected chi connectivity index (χ4v) is 2.95. The summed E-state index contributed by atoms with van der Waals surface area (Å²) in [5.74, 6) is -3.09. The average molecular weight is 432 g/mol. The number of amides is 3. The molecule has 0 radical (unpaired) electrons. The Morgan fingerprint density at radius 1 is 1.06 bits per heavy atom. The summed E-state index contributed by atoms with van der Waals surface area (Å²) in [6.45, 7) is 2.63. The topological polar surface area (TPSA) is 92.8 Å². The molecule has 0 fully saturated rings. The number of fused-ring (bicyclic) bond motifs is 1. The Morgan fingerprint density at radius 2 is 1.74 bits per heavy atom. The molecule has 3 rings (SSSR count). The van der Waals surface area contributed by atoms with Crippen molar-refractivity contribution in [3.8, 4) is 0 Å². The molecule has 2 aromatic rings. The van der Waals surface area contributed by atoms with Crippen molar-refractivity contribution in [2.24, 2.45) is 0 Å². The summed E-state index contributed by atoms with van der Waals surface area (Å²) < 4.78 is 43.8. The molecule has 0 spiro atoms. The van der Waals surface area contributed by atoms with E-state index in [1.54, 1.807) is 0 Å². The molecule has 0 aliphatic carbocycles. The Bertz CT molecular complexity index is 1090. The van der Waals surface area contributed by atoms with Crippen LogP contribution in [0.5, 0.6) is 0 Å². The van der Waals surface area contributed by atoms with Crippen LogP contribution in [0.2, 0.25) is 0 Å². The van der Waals surface area contributed by atoms with Gasteiger partial charge in [0.15, 0.2) is 6.61 Å². The number of carbonyl (C=O) groups excluding carboxylic acids is 4. The average Bonchev–Trinajstić information content (AvgIpc) is 2.96. The van der Waals surface area contributed by atoms with E-state index >= 15 is 0 Å². The molecule has 31 heavy (non-hydrogen) atoms. The van der Waals surface area contributed by atoms with Crippen LogP contribution < -0.4 is 5.32 Å². The fraction of sp³-hybridized carbons (Fsp3) is 0.143. The third-order valence-corrected chi connectivity index (χ3v) is 4.36. The maximum atomic E-state index is 13.0. The van der Waals surface area contributed by atoms with Gasteiger partial charge in [-0.1, -0.05) is 18.2 Å². The number of carbonyl (C=O) groups is 4. The van der Waals surface area contributed by atoms with Crippen LogP contribution in [0.15, 0.2) is 55.1 Å². The highest BCUT2D eigenvalue weighted by atomic mass is 19.4. The lowest BCUT2D eigenvalue weighted by Crippen LogP contribution is -2.29. The Kier molecular flexibility index (Phi) is 5.91. The van der Waals surface area contributed by atoms with Gasteiger partial charge in [0, 0.05) is 6.54 Å². The third-order valence-electron chi connectivity index (χ3n) is 4.36. The zero-order valence-electron chi connectivity index (χ0n) is 15.9. The lowest BCUT2D eigenvalue weighted by atomic mass is 10.1. The third kappa shape index (κ3) is 4.47. The van der Waals surface area contributed by atoms with Gasteiger partial charge in [0.2, 0.25) is 0 Å². The molecule has 1 N–H and O–H groups in total. The molecule has 7 nitrogen and oxygen atoms in total. The normalized spacial score (nSPS) is 13.1. The van der Waals surface area contributed by atoms with E-state index in [0.29, 0.717) is 0 Å². The van der Waals surface area contributed by atoms with E-state index in [1.807, 2.05) is 5.32 Å². The number of esters is 1. The Balaban J connectivity index is 1.67. The van der Waals surface area contributed by atoms with Crippen LogP contribution in [0, 0.1) is 0 Å². The van der Waals surface area contributed by atoms with Crippen molar-refractivity contribution in [2.45, 2.75) is 6.18 Å². The van der Waals surface area contributed by atoms with Gasteiger partial charge in [-0.05, 0) is 30.3 Å². The van der Waals surface area contributed by atoms with Gasteiger partial charge < -0.3 is 10.1 Å². The molecule has 160 valence electrons. The molecule has 3 amide bonds. The summed E-state index contributed by atoms with van der Waals surface area (Å²) in [5, 5.41) is 2.05. The summed E-state index contributed by atoms with van der Waals surface area (Å²) in [4.78, 5) is 49.6. The fourth-order valence-electron chi connectivity index (χ4n) is 2.95. The predicted molar refractivity (Wildman–Crippen MR) is 102 cm³/mol. The lowest BCUT2D eigenvalue weighted by molar-refractivity contribution is -0.137. The minimum atomic E-state index is -4.67. The van der Waals surface area contributed by atoms with E-state index in [1.165, 1.54) is 30.3 Å². The van der Waals surface area contributed by atoms with Crippen LogP contribution in [0.1, 0.15) is 36.6 Å². The van der Waals surface area contributed by atoms with Crippen molar-refractivity contribution in [2.75, 3.05) is 18.5 Å². The molecule has 10 heteroatoms. The number of benzene rings is 2. The first kappa shape index (κ1) is 21.8. The molecule has 0 atom stereocenters.